The van der Waals surface area contributed by atoms with E-state index in [2.05, 4.69) is 38.2 Å². The fraction of sp³-hybridized carbons (Fsp3) is 0.370. The zero-order valence-corrected chi connectivity index (χ0v) is 20.3. The summed E-state index contributed by atoms with van der Waals surface area (Å²) >= 11 is 0. The highest BCUT2D eigenvalue weighted by atomic mass is 16.5. The van der Waals surface area contributed by atoms with E-state index in [1.54, 1.807) is 33.5 Å². The molecule has 0 saturated heterocycles. The van der Waals surface area contributed by atoms with Gasteiger partial charge in [0.05, 0.1) is 21.3 Å². The van der Waals surface area contributed by atoms with Gasteiger partial charge in [-0.1, -0.05) is 32.9 Å². The summed E-state index contributed by atoms with van der Waals surface area (Å²) in [5, 5.41) is 2.89. The molecule has 1 N–H and O–H groups in total. The van der Waals surface area contributed by atoms with Crippen molar-refractivity contribution < 1.29 is 23.4 Å². The molecule has 0 aliphatic carbocycles. The molecule has 0 aliphatic heterocycles. The van der Waals surface area contributed by atoms with Gasteiger partial charge < -0.3 is 23.9 Å². The smallest absolute Gasteiger partial charge is 0.287 e. The monoisotopic (exact) mass is 451 g/mol. The first-order chi connectivity index (χ1) is 15.8. The lowest BCUT2D eigenvalue weighted by atomic mass is 9.81. The summed E-state index contributed by atoms with van der Waals surface area (Å²) in [5.41, 5.74) is 3.19. The summed E-state index contributed by atoms with van der Waals surface area (Å²) in [6, 6.07) is 15.3. The largest absolute Gasteiger partial charge is 0.497 e. The normalized spacial score (nSPS) is 11.2. The number of hydrogen-bond acceptors (Lipinski definition) is 5. The Hall–Kier alpha value is -3.41. The number of nitrogens with one attached hydrogen (secondary N) is 1. The SMILES string of the molecule is CCC(C)(C)c1ccc(OC)c(Cc2ccc(C(=O)NCc3ccc(OC)cc3OC)o2)c1. The zero-order valence-electron chi connectivity index (χ0n) is 20.3. The number of ether oxygens (including phenoxy) is 3. The van der Waals surface area contributed by atoms with Gasteiger partial charge in [0.25, 0.3) is 5.91 Å². The molecular formula is C27H33NO5. The summed E-state index contributed by atoms with van der Waals surface area (Å²) in [4.78, 5) is 12.7. The Bertz CT molecular complexity index is 1100. The maximum atomic E-state index is 12.7. The molecular weight excluding hydrogens is 418 g/mol. The third-order valence-electron chi connectivity index (χ3n) is 6.13. The molecule has 0 bridgehead atoms. The van der Waals surface area contributed by atoms with Crippen LogP contribution in [0.2, 0.25) is 0 Å². The molecule has 0 saturated carbocycles. The van der Waals surface area contributed by atoms with Gasteiger partial charge >= 0.3 is 0 Å². The van der Waals surface area contributed by atoms with Crippen molar-refractivity contribution >= 4 is 5.91 Å². The average molecular weight is 452 g/mol. The van der Waals surface area contributed by atoms with E-state index in [-0.39, 0.29) is 17.1 Å². The van der Waals surface area contributed by atoms with Crippen LogP contribution < -0.4 is 19.5 Å². The maximum absolute atomic E-state index is 12.7. The molecule has 2 aromatic carbocycles. The minimum Gasteiger partial charge on any atom is -0.497 e. The Labute approximate surface area is 195 Å². The molecule has 6 heteroatoms. The van der Waals surface area contributed by atoms with Gasteiger partial charge in [-0.25, -0.2) is 0 Å². The van der Waals surface area contributed by atoms with Gasteiger partial charge in [0, 0.05) is 30.2 Å². The Morgan fingerprint density at radius 2 is 1.67 bits per heavy atom. The van der Waals surface area contributed by atoms with Crippen LogP contribution in [-0.4, -0.2) is 27.2 Å². The molecule has 1 aromatic heterocycles. The van der Waals surface area contributed by atoms with Crippen molar-refractivity contribution in [1.29, 1.82) is 0 Å². The number of benzene rings is 2. The summed E-state index contributed by atoms with van der Waals surface area (Å²) in [6.45, 7) is 6.95. The second-order valence-corrected chi connectivity index (χ2v) is 8.57. The fourth-order valence-electron chi connectivity index (χ4n) is 3.59. The Morgan fingerprint density at radius 3 is 2.33 bits per heavy atom. The molecule has 33 heavy (non-hydrogen) atoms. The lowest BCUT2D eigenvalue weighted by molar-refractivity contribution is 0.0921. The summed E-state index contributed by atoms with van der Waals surface area (Å²) in [7, 11) is 4.85. The topological polar surface area (TPSA) is 69.9 Å². The Kier molecular flexibility index (Phi) is 7.69. The number of carbonyl (C=O) groups is 1. The van der Waals surface area contributed by atoms with Gasteiger partial charge in [0.2, 0.25) is 0 Å². The van der Waals surface area contributed by atoms with E-state index in [0.29, 0.717) is 30.2 Å². The van der Waals surface area contributed by atoms with Crippen molar-refractivity contribution in [3.05, 3.63) is 76.7 Å². The Morgan fingerprint density at radius 1 is 0.909 bits per heavy atom. The molecule has 0 spiro atoms. The predicted molar refractivity (Wildman–Crippen MR) is 129 cm³/mol. The average Bonchev–Trinajstić information content (AvgIpc) is 3.30. The highest BCUT2D eigenvalue weighted by Gasteiger charge is 2.20. The van der Waals surface area contributed by atoms with Crippen molar-refractivity contribution in [2.24, 2.45) is 0 Å². The minimum absolute atomic E-state index is 0.0672. The van der Waals surface area contributed by atoms with Crippen molar-refractivity contribution in [2.75, 3.05) is 21.3 Å². The van der Waals surface area contributed by atoms with Crippen LogP contribution in [0.3, 0.4) is 0 Å². The van der Waals surface area contributed by atoms with E-state index in [0.717, 1.165) is 23.3 Å². The number of amides is 1. The second kappa shape index (κ2) is 10.5. The van der Waals surface area contributed by atoms with Gasteiger partial charge in [-0.3, -0.25) is 4.79 Å². The molecule has 3 rings (SSSR count). The Balaban J connectivity index is 1.71. The number of carbonyl (C=O) groups excluding carboxylic acids is 1. The molecule has 176 valence electrons. The van der Waals surface area contributed by atoms with Gasteiger partial charge in [-0.15, -0.1) is 0 Å². The molecule has 0 fully saturated rings. The van der Waals surface area contributed by atoms with Crippen LogP contribution >= 0.6 is 0 Å². The van der Waals surface area contributed by atoms with E-state index in [4.69, 9.17) is 18.6 Å². The van der Waals surface area contributed by atoms with Crippen LogP contribution in [0.1, 0.15) is 60.2 Å². The minimum atomic E-state index is -0.285. The first kappa shape index (κ1) is 24.2. The highest BCUT2D eigenvalue weighted by molar-refractivity contribution is 5.91. The quantitative estimate of drug-likeness (QED) is 0.440. The van der Waals surface area contributed by atoms with E-state index >= 15 is 0 Å². The van der Waals surface area contributed by atoms with E-state index in [1.165, 1.54) is 5.56 Å². The van der Waals surface area contributed by atoms with Crippen molar-refractivity contribution in [3.8, 4) is 17.2 Å². The number of methoxy groups -OCH3 is 3. The molecule has 6 nitrogen and oxygen atoms in total. The summed E-state index contributed by atoms with van der Waals surface area (Å²) < 4.78 is 22.0. The molecule has 1 heterocycles. The maximum Gasteiger partial charge on any atom is 0.287 e. The third kappa shape index (κ3) is 5.69. The predicted octanol–water partition coefficient (Wildman–Crippen LogP) is 5.51. The molecule has 3 aromatic rings. The van der Waals surface area contributed by atoms with Gasteiger partial charge in [0.15, 0.2) is 5.76 Å². The lowest BCUT2D eigenvalue weighted by Gasteiger charge is -2.24. The van der Waals surface area contributed by atoms with E-state index in [9.17, 15) is 4.79 Å². The van der Waals surface area contributed by atoms with Gasteiger partial charge in [0.1, 0.15) is 23.0 Å². The van der Waals surface area contributed by atoms with Crippen LogP contribution in [0, 0.1) is 0 Å². The summed E-state index contributed by atoms with van der Waals surface area (Å²) in [6.07, 6.45) is 1.57. The molecule has 0 aliphatic rings. The zero-order chi connectivity index (χ0) is 24.0. The van der Waals surface area contributed by atoms with Crippen LogP contribution in [-0.2, 0) is 18.4 Å². The molecule has 0 atom stereocenters. The first-order valence-corrected chi connectivity index (χ1v) is 11.1. The van der Waals surface area contributed by atoms with Crippen molar-refractivity contribution in [1.82, 2.24) is 5.32 Å². The first-order valence-electron chi connectivity index (χ1n) is 11.1. The fourth-order valence-corrected chi connectivity index (χ4v) is 3.59. The second-order valence-electron chi connectivity index (χ2n) is 8.57. The van der Waals surface area contributed by atoms with Crippen LogP contribution in [0.15, 0.2) is 52.9 Å². The molecule has 0 unspecified atom stereocenters. The van der Waals surface area contributed by atoms with E-state index in [1.807, 2.05) is 24.3 Å². The number of hydrogen-bond donors (Lipinski definition) is 1. The standard InChI is InChI=1S/C27H33NO5/c1-7-27(2,3)20-9-12-23(31-5)19(14-20)15-22-11-13-24(33-22)26(29)28-17-18-8-10-21(30-4)16-25(18)32-6/h8-14,16H,7,15,17H2,1-6H3,(H,28,29). The highest BCUT2D eigenvalue weighted by Crippen LogP contribution is 2.32. The third-order valence-corrected chi connectivity index (χ3v) is 6.13. The molecule has 0 radical (unpaired) electrons. The molecule has 1 amide bonds. The van der Waals surface area contributed by atoms with E-state index < -0.39 is 0 Å². The number of furan rings is 1. The van der Waals surface area contributed by atoms with Crippen LogP contribution in [0.25, 0.3) is 0 Å². The van der Waals surface area contributed by atoms with Crippen LogP contribution in [0.4, 0.5) is 0 Å². The van der Waals surface area contributed by atoms with Gasteiger partial charge in [-0.2, -0.15) is 0 Å². The van der Waals surface area contributed by atoms with Crippen LogP contribution in [0.5, 0.6) is 17.2 Å². The summed E-state index contributed by atoms with van der Waals surface area (Å²) in [5.74, 6) is 2.83. The number of rotatable bonds is 10. The van der Waals surface area contributed by atoms with Crippen molar-refractivity contribution in [2.45, 2.75) is 45.6 Å². The van der Waals surface area contributed by atoms with Gasteiger partial charge in [-0.05, 0) is 47.7 Å². The lowest BCUT2D eigenvalue weighted by Crippen LogP contribution is -2.22. The van der Waals surface area contributed by atoms with Crippen molar-refractivity contribution in [3.63, 3.8) is 0 Å².